The molecule has 0 atom stereocenters. The third-order valence-electron chi connectivity index (χ3n) is 1.53. The molecule has 4 heteroatoms. The van der Waals surface area contributed by atoms with E-state index in [2.05, 4.69) is 21.6 Å². The molecule has 0 spiro atoms. The molecule has 0 aliphatic heterocycles. The largest absolute Gasteiger partial charge is 0.465 e. The van der Waals surface area contributed by atoms with Gasteiger partial charge in [-0.3, -0.25) is 4.98 Å². The highest BCUT2D eigenvalue weighted by atomic mass is 16.5. The van der Waals surface area contributed by atoms with Crippen LogP contribution in [0.15, 0.2) is 18.5 Å². The number of carbonyl (C=O) groups excluding carboxylic acids is 1. The minimum atomic E-state index is -0.463. The molecule has 1 aromatic heterocycles. The number of aliphatic hydroxyl groups excluding tert-OH is 1. The summed E-state index contributed by atoms with van der Waals surface area (Å²) in [5, 5.41) is 8.50. The van der Waals surface area contributed by atoms with Gasteiger partial charge in [0.15, 0.2) is 0 Å². The Hall–Kier alpha value is -1.86. The first-order valence-electron chi connectivity index (χ1n) is 3.91. The molecule has 0 aliphatic rings. The lowest BCUT2D eigenvalue weighted by atomic mass is 10.1. The van der Waals surface area contributed by atoms with E-state index in [-0.39, 0.29) is 6.61 Å². The standard InChI is InChI=1S/C10H9NO3/c1-14-10(13)9-4-5-11-7-8(9)3-2-6-12/h4-5,7,12H,6H2,1H3. The molecule has 0 fully saturated rings. The lowest BCUT2D eigenvalue weighted by Gasteiger charge is -2.00. The summed E-state index contributed by atoms with van der Waals surface area (Å²) in [6, 6.07) is 1.52. The van der Waals surface area contributed by atoms with Crippen molar-refractivity contribution in [1.82, 2.24) is 4.98 Å². The highest BCUT2D eigenvalue weighted by Crippen LogP contribution is 2.06. The van der Waals surface area contributed by atoms with Gasteiger partial charge in [0.05, 0.1) is 18.2 Å². The SMILES string of the molecule is COC(=O)c1ccncc1C#CCO. The van der Waals surface area contributed by atoms with Gasteiger partial charge >= 0.3 is 5.97 Å². The second-order valence-electron chi connectivity index (χ2n) is 2.37. The smallest absolute Gasteiger partial charge is 0.339 e. The molecule has 14 heavy (non-hydrogen) atoms. The monoisotopic (exact) mass is 191 g/mol. The Kier molecular flexibility index (Phi) is 3.65. The van der Waals surface area contributed by atoms with Gasteiger partial charge in [0.1, 0.15) is 6.61 Å². The normalized spacial score (nSPS) is 8.71. The fourth-order valence-electron chi connectivity index (χ4n) is 0.917. The van der Waals surface area contributed by atoms with Gasteiger partial charge < -0.3 is 9.84 Å². The Bertz CT molecular complexity index is 390. The molecule has 0 aromatic carbocycles. The Morgan fingerprint density at radius 2 is 2.50 bits per heavy atom. The molecule has 0 radical (unpaired) electrons. The number of esters is 1. The Morgan fingerprint density at radius 3 is 3.14 bits per heavy atom. The maximum atomic E-state index is 11.2. The molecule has 1 rings (SSSR count). The van der Waals surface area contributed by atoms with Gasteiger partial charge in [-0.05, 0) is 6.07 Å². The molecule has 1 heterocycles. The molecule has 0 unspecified atom stereocenters. The van der Waals surface area contributed by atoms with Crippen molar-refractivity contribution in [3.63, 3.8) is 0 Å². The van der Waals surface area contributed by atoms with Crippen LogP contribution in [0.4, 0.5) is 0 Å². The van der Waals surface area contributed by atoms with Crippen molar-refractivity contribution >= 4 is 5.97 Å². The van der Waals surface area contributed by atoms with Crippen molar-refractivity contribution in [3.05, 3.63) is 29.6 Å². The van der Waals surface area contributed by atoms with E-state index >= 15 is 0 Å². The van der Waals surface area contributed by atoms with Gasteiger partial charge in [-0.15, -0.1) is 0 Å². The van der Waals surface area contributed by atoms with Crippen LogP contribution in [0.1, 0.15) is 15.9 Å². The predicted octanol–water partition coefficient (Wildman–Crippen LogP) is 0.212. The van der Waals surface area contributed by atoms with E-state index in [1.54, 1.807) is 0 Å². The maximum Gasteiger partial charge on any atom is 0.339 e. The van der Waals surface area contributed by atoms with Gasteiger partial charge in [0, 0.05) is 12.4 Å². The van der Waals surface area contributed by atoms with Crippen molar-refractivity contribution < 1.29 is 14.6 Å². The summed E-state index contributed by atoms with van der Waals surface area (Å²) in [5.74, 6) is 4.59. The van der Waals surface area contributed by atoms with E-state index in [4.69, 9.17) is 5.11 Å². The first-order valence-corrected chi connectivity index (χ1v) is 3.91. The number of nitrogens with zero attached hydrogens (tertiary/aromatic N) is 1. The Morgan fingerprint density at radius 1 is 1.71 bits per heavy atom. The molecule has 1 aromatic rings. The lowest BCUT2D eigenvalue weighted by Crippen LogP contribution is -2.04. The average molecular weight is 191 g/mol. The summed E-state index contributed by atoms with van der Waals surface area (Å²) in [6.45, 7) is -0.254. The van der Waals surface area contributed by atoms with Crippen molar-refractivity contribution in [3.8, 4) is 11.8 Å². The van der Waals surface area contributed by atoms with E-state index in [1.807, 2.05) is 0 Å². The minimum Gasteiger partial charge on any atom is -0.465 e. The van der Waals surface area contributed by atoms with E-state index in [0.717, 1.165) is 0 Å². The van der Waals surface area contributed by atoms with Crippen LogP contribution in [0.25, 0.3) is 0 Å². The number of aromatic nitrogens is 1. The first-order chi connectivity index (χ1) is 6.79. The number of carbonyl (C=O) groups is 1. The average Bonchev–Trinajstić information content (AvgIpc) is 2.25. The summed E-state index contributed by atoms with van der Waals surface area (Å²) < 4.78 is 4.56. The molecule has 0 amide bonds. The van der Waals surface area contributed by atoms with Crippen molar-refractivity contribution in [2.24, 2.45) is 0 Å². The second-order valence-corrected chi connectivity index (χ2v) is 2.37. The van der Waals surface area contributed by atoms with Crippen LogP contribution in [0.3, 0.4) is 0 Å². The summed E-state index contributed by atoms with van der Waals surface area (Å²) in [4.78, 5) is 15.0. The van der Waals surface area contributed by atoms with E-state index in [9.17, 15) is 4.79 Å². The number of ether oxygens (including phenoxy) is 1. The zero-order valence-corrected chi connectivity index (χ0v) is 7.65. The fraction of sp³-hybridized carbons (Fsp3) is 0.200. The van der Waals surface area contributed by atoms with E-state index < -0.39 is 5.97 Å². The highest BCUT2D eigenvalue weighted by Gasteiger charge is 2.09. The minimum absolute atomic E-state index is 0.254. The van der Waals surface area contributed by atoms with Crippen LogP contribution in [-0.2, 0) is 4.74 Å². The zero-order valence-electron chi connectivity index (χ0n) is 7.65. The topological polar surface area (TPSA) is 59.4 Å². The molecule has 0 bridgehead atoms. The highest BCUT2D eigenvalue weighted by molar-refractivity contribution is 5.92. The lowest BCUT2D eigenvalue weighted by molar-refractivity contribution is 0.0600. The second kappa shape index (κ2) is 5.00. The van der Waals surface area contributed by atoms with Crippen LogP contribution < -0.4 is 0 Å². The molecule has 72 valence electrons. The van der Waals surface area contributed by atoms with Crippen LogP contribution in [0, 0.1) is 11.8 Å². The van der Waals surface area contributed by atoms with E-state index in [1.165, 1.54) is 25.6 Å². The Labute approximate surface area is 81.5 Å². The van der Waals surface area contributed by atoms with Gasteiger partial charge in [-0.25, -0.2) is 4.79 Å². The number of pyridine rings is 1. The zero-order chi connectivity index (χ0) is 10.4. The third kappa shape index (κ3) is 2.31. The summed E-state index contributed by atoms with van der Waals surface area (Å²) in [7, 11) is 1.30. The Balaban J connectivity index is 3.09. The van der Waals surface area contributed by atoms with E-state index in [0.29, 0.717) is 11.1 Å². The quantitative estimate of drug-likeness (QED) is 0.509. The van der Waals surface area contributed by atoms with Gasteiger partial charge in [0.25, 0.3) is 0 Å². The number of methoxy groups -OCH3 is 1. The molecule has 4 nitrogen and oxygen atoms in total. The first kappa shape index (κ1) is 10.2. The molecule has 0 saturated carbocycles. The molecule has 0 saturated heterocycles. The molecular formula is C10H9NO3. The van der Waals surface area contributed by atoms with Gasteiger partial charge in [0.2, 0.25) is 0 Å². The number of hydrogen-bond donors (Lipinski definition) is 1. The number of rotatable bonds is 1. The predicted molar refractivity (Wildman–Crippen MR) is 49.5 cm³/mol. The third-order valence-corrected chi connectivity index (χ3v) is 1.53. The molecule has 1 N–H and O–H groups in total. The number of hydrogen-bond acceptors (Lipinski definition) is 4. The van der Waals surface area contributed by atoms with Crippen molar-refractivity contribution in [2.45, 2.75) is 0 Å². The van der Waals surface area contributed by atoms with Crippen LogP contribution in [-0.4, -0.2) is 29.8 Å². The van der Waals surface area contributed by atoms with Gasteiger partial charge in [-0.2, -0.15) is 0 Å². The van der Waals surface area contributed by atoms with Crippen molar-refractivity contribution in [1.29, 1.82) is 0 Å². The molecular weight excluding hydrogens is 182 g/mol. The summed E-state index contributed by atoms with van der Waals surface area (Å²) >= 11 is 0. The molecule has 0 aliphatic carbocycles. The summed E-state index contributed by atoms with van der Waals surface area (Å²) in [5.41, 5.74) is 0.803. The van der Waals surface area contributed by atoms with Gasteiger partial charge in [-0.1, -0.05) is 11.8 Å². The maximum absolute atomic E-state index is 11.2. The van der Waals surface area contributed by atoms with Crippen molar-refractivity contribution in [2.75, 3.05) is 13.7 Å². The number of aliphatic hydroxyl groups is 1. The van der Waals surface area contributed by atoms with Crippen LogP contribution in [0.5, 0.6) is 0 Å². The van der Waals surface area contributed by atoms with Crippen LogP contribution >= 0.6 is 0 Å². The van der Waals surface area contributed by atoms with Crippen LogP contribution in [0.2, 0.25) is 0 Å². The summed E-state index contributed by atoms with van der Waals surface area (Å²) in [6.07, 6.45) is 2.94. The fourth-order valence-corrected chi connectivity index (χ4v) is 0.917.